The van der Waals surface area contributed by atoms with Crippen molar-refractivity contribution in [2.45, 2.75) is 6.92 Å². The summed E-state index contributed by atoms with van der Waals surface area (Å²) in [6, 6.07) is 3.76. The zero-order valence-corrected chi connectivity index (χ0v) is 8.45. The van der Waals surface area contributed by atoms with E-state index in [0.717, 1.165) is 16.5 Å². The van der Waals surface area contributed by atoms with Gasteiger partial charge in [0.25, 0.3) is 0 Å². The second kappa shape index (κ2) is 3.09. The van der Waals surface area contributed by atoms with Crippen LogP contribution in [0.3, 0.4) is 0 Å². The minimum absolute atomic E-state index is 0.282. The normalized spacial score (nSPS) is 10.6. The first kappa shape index (κ1) is 8.66. The van der Waals surface area contributed by atoms with Gasteiger partial charge in [0.15, 0.2) is 6.29 Å². The molecule has 0 fully saturated rings. The van der Waals surface area contributed by atoms with Crippen molar-refractivity contribution in [3.05, 3.63) is 27.7 Å². The van der Waals surface area contributed by atoms with E-state index in [4.69, 9.17) is 11.6 Å². The molecule has 2 nitrogen and oxygen atoms in total. The van der Waals surface area contributed by atoms with E-state index in [9.17, 15) is 4.79 Å². The fourth-order valence-electron chi connectivity index (χ4n) is 1.18. The molecule has 0 aliphatic rings. The number of hydrogen-bond donors (Lipinski definition) is 0. The van der Waals surface area contributed by atoms with Crippen LogP contribution < -0.4 is 0 Å². The van der Waals surface area contributed by atoms with Gasteiger partial charge in [0, 0.05) is 10.3 Å². The molecule has 2 aromatic heterocycles. The Morgan fingerprint density at radius 1 is 1.54 bits per heavy atom. The summed E-state index contributed by atoms with van der Waals surface area (Å²) in [6.45, 7) is 2.00. The minimum atomic E-state index is 0.282. The molecule has 0 saturated carbocycles. The Kier molecular flexibility index (Phi) is 2.06. The quantitative estimate of drug-likeness (QED) is 0.536. The molecule has 0 saturated heterocycles. The van der Waals surface area contributed by atoms with Crippen LogP contribution in [0, 0.1) is 6.92 Å². The topological polar surface area (TPSA) is 30.0 Å². The Balaban J connectivity index is 2.79. The summed E-state index contributed by atoms with van der Waals surface area (Å²) in [6.07, 6.45) is 0.724. The van der Waals surface area contributed by atoms with Crippen LogP contribution in [0.4, 0.5) is 0 Å². The molecule has 66 valence electrons. The Labute approximate surface area is 84.2 Å². The van der Waals surface area contributed by atoms with Crippen molar-refractivity contribution < 1.29 is 4.79 Å². The molecule has 2 heterocycles. The third-order valence-corrected chi connectivity index (χ3v) is 3.00. The summed E-state index contributed by atoms with van der Waals surface area (Å²) >= 11 is 7.35. The van der Waals surface area contributed by atoms with Crippen LogP contribution in [0.25, 0.3) is 10.2 Å². The van der Waals surface area contributed by atoms with Crippen molar-refractivity contribution in [2.75, 3.05) is 0 Å². The van der Waals surface area contributed by atoms with E-state index >= 15 is 0 Å². The molecular weight excluding hydrogens is 206 g/mol. The van der Waals surface area contributed by atoms with E-state index in [-0.39, 0.29) is 5.15 Å². The van der Waals surface area contributed by atoms with Crippen LogP contribution in [0.1, 0.15) is 15.2 Å². The molecule has 2 rings (SSSR count). The average molecular weight is 212 g/mol. The maximum absolute atomic E-state index is 10.6. The fraction of sp³-hybridized carbons (Fsp3) is 0.111. The maximum Gasteiger partial charge on any atom is 0.153 e. The van der Waals surface area contributed by atoms with Crippen molar-refractivity contribution >= 4 is 39.4 Å². The van der Waals surface area contributed by atoms with Crippen LogP contribution >= 0.6 is 22.9 Å². The molecule has 0 radical (unpaired) electrons. The smallest absolute Gasteiger partial charge is 0.153 e. The Hall–Kier alpha value is -0.930. The van der Waals surface area contributed by atoms with Crippen molar-refractivity contribution in [3.63, 3.8) is 0 Å². The van der Waals surface area contributed by atoms with Gasteiger partial charge in [-0.3, -0.25) is 4.79 Å². The number of rotatable bonds is 1. The molecule has 13 heavy (non-hydrogen) atoms. The number of pyridine rings is 1. The van der Waals surface area contributed by atoms with Crippen LogP contribution in [0.15, 0.2) is 12.1 Å². The highest BCUT2D eigenvalue weighted by atomic mass is 35.5. The van der Waals surface area contributed by atoms with E-state index in [0.29, 0.717) is 5.56 Å². The van der Waals surface area contributed by atoms with Gasteiger partial charge >= 0.3 is 0 Å². The summed E-state index contributed by atoms with van der Waals surface area (Å²) in [5.41, 5.74) is 0.451. The van der Waals surface area contributed by atoms with Crippen LogP contribution in [0.2, 0.25) is 5.15 Å². The van der Waals surface area contributed by atoms with Gasteiger partial charge in [0.2, 0.25) is 0 Å². The number of thiophene rings is 1. The lowest BCUT2D eigenvalue weighted by molar-refractivity contribution is 0.112. The second-order valence-electron chi connectivity index (χ2n) is 2.74. The molecule has 0 spiro atoms. The summed E-state index contributed by atoms with van der Waals surface area (Å²) in [5, 5.41) is 1.26. The SMILES string of the molecule is Cc1cc2cc(C=O)c(Cl)nc2s1. The van der Waals surface area contributed by atoms with Gasteiger partial charge in [-0.25, -0.2) is 4.98 Å². The lowest BCUT2D eigenvalue weighted by Crippen LogP contribution is -1.84. The van der Waals surface area contributed by atoms with Gasteiger partial charge in [0.05, 0.1) is 5.56 Å². The molecule has 4 heteroatoms. The molecule has 0 aliphatic heterocycles. The number of carbonyl (C=O) groups excluding carboxylic acids is 1. The lowest BCUT2D eigenvalue weighted by atomic mass is 10.2. The molecule has 2 aromatic rings. The standard InChI is InChI=1S/C9H6ClNOS/c1-5-2-6-3-7(4-12)8(10)11-9(6)13-5/h2-4H,1H3. The third kappa shape index (κ3) is 1.45. The Morgan fingerprint density at radius 3 is 3.00 bits per heavy atom. The number of halogens is 1. The molecule has 0 unspecified atom stereocenters. The van der Waals surface area contributed by atoms with Gasteiger partial charge in [-0.1, -0.05) is 11.6 Å². The molecule has 0 atom stereocenters. The predicted molar refractivity (Wildman–Crippen MR) is 54.8 cm³/mol. The monoisotopic (exact) mass is 211 g/mol. The first-order valence-corrected chi connectivity index (χ1v) is 4.92. The third-order valence-electron chi connectivity index (χ3n) is 1.74. The second-order valence-corrected chi connectivity index (χ2v) is 4.33. The van der Waals surface area contributed by atoms with E-state index in [2.05, 4.69) is 4.98 Å². The molecule has 0 aliphatic carbocycles. The zero-order chi connectivity index (χ0) is 9.42. The number of nitrogens with zero attached hydrogens (tertiary/aromatic N) is 1. The summed E-state index contributed by atoms with van der Waals surface area (Å²) in [5.74, 6) is 0. The van der Waals surface area contributed by atoms with E-state index in [1.165, 1.54) is 4.88 Å². The van der Waals surface area contributed by atoms with Gasteiger partial charge in [-0.15, -0.1) is 11.3 Å². The van der Waals surface area contributed by atoms with E-state index in [1.54, 1.807) is 17.4 Å². The first-order valence-electron chi connectivity index (χ1n) is 3.72. The first-order chi connectivity index (χ1) is 6.20. The highest BCUT2D eigenvalue weighted by Gasteiger charge is 2.05. The van der Waals surface area contributed by atoms with E-state index < -0.39 is 0 Å². The number of fused-ring (bicyclic) bond motifs is 1. The number of carbonyl (C=O) groups is 1. The van der Waals surface area contributed by atoms with Crippen LogP contribution in [-0.2, 0) is 0 Å². The number of aldehydes is 1. The molecular formula is C9H6ClNOS. The van der Waals surface area contributed by atoms with Crippen molar-refractivity contribution in [1.82, 2.24) is 4.98 Å². The van der Waals surface area contributed by atoms with Gasteiger partial charge < -0.3 is 0 Å². The van der Waals surface area contributed by atoms with Crippen molar-refractivity contribution in [1.29, 1.82) is 0 Å². The average Bonchev–Trinajstić information content (AvgIpc) is 2.42. The summed E-state index contributed by atoms with van der Waals surface area (Å²) < 4.78 is 0. The number of hydrogen-bond acceptors (Lipinski definition) is 3. The van der Waals surface area contributed by atoms with Crippen LogP contribution in [-0.4, -0.2) is 11.3 Å². The number of aryl methyl sites for hydroxylation is 1. The Morgan fingerprint density at radius 2 is 2.31 bits per heavy atom. The fourth-order valence-corrected chi connectivity index (χ4v) is 2.27. The van der Waals surface area contributed by atoms with Gasteiger partial charge in [0.1, 0.15) is 9.98 Å². The van der Waals surface area contributed by atoms with Gasteiger partial charge in [-0.05, 0) is 19.1 Å². The predicted octanol–water partition coefficient (Wildman–Crippen LogP) is 3.07. The maximum atomic E-state index is 10.6. The van der Waals surface area contributed by atoms with Gasteiger partial charge in [-0.2, -0.15) is 0 Å². The zero-order valence-electron chi connectivity index (χ0n) is 6.87. The number of aromatic nitrogens is 1. The van der Waals surface area contributed by atoms with E-state index in [1.807, 2.05) is 13.0 Å². The van der Waals surface area contributed by atoms with Crippen molar-refractivity contribution in [2.24, 2.45) is 0 Å². The summed E-state index contributed by atoms with van der Waals surface area (Å²) in [7, 11) is 0. The largest absolute Gasteiger partial charge is 0.298 e. The lowest BCUT2D eigenvalue weighted by Gasteiger charge is -1.94. The molecule has 0 N–H and O–H groups in total. The highest BCUT2D eigenvalue weighted by molar-refractivity contribution is 7.18. The van der Waals surface area contributed by atoms with Crippen molar-refractivity contribution in [3.8, 4) is 0 Å². The molecule has 0 aromatic carbocycles. The Bertz CT molecular complexity index is 478. The minimum Gasteiger partial charge on any atom is -0.298 e. The van der Waals surface area contributed by atoms with Crippen LogP contribution in [0.5, 0.6) is 0 Å². The highest BCUT2D eigenvalue weighted by Crippen LogP contribution is 2.26. The molecule has 0 amide bonds. The molecule has 0 bridgehead atoms. The summed E-state index contributed by atoms with van der Waals surface area (Å²) in [4.78, 5) is 16.7.